The normalized spacial score (nSPS) is 16.2. The number of aliphatic hydroxyl groups is 3. The van der Waals surface area contributed by atoms with Gasteiger partial charge in [-0.05, 0) is 12.3 Å². The van der Waals surface area contributed by atoms with Crippen LogP contribution in [0.25, 0.3) is 0 Å². The van der Waals surface area contributed by atoms with Crippen LogP contribution in [-0.4, -0.2) is 47.2 Å². The molecule has 0 aliphatic rings. The smallest absolute Gasteiger partial charge is 0.0894 e. The topological polar surface area (TPSA) is 72.7 Å². The molecule has 4 nitrogen and oxygen atoms in total. The summed E-state index contributed by atoms with van der Waals surface area (Å²) in [7, 11) is 0. The maximum Gasteiger partial charge on any atom is 0.0894 e. The van der Waals surface area contributed by atoms with Crippen molar-refractivity contribution in [2.45, 2.75) is 32.5 Å². The van der Waals surface area contributed by atoms with Gasteiger partial charge in [-0.1, -0.05) is 13.8 Å². The molecule has 0 saturated carbocycles. The Morgan fingerprint density at radius 1 is 1.08 bits per heavy atom. The molecule has 4 heteroatoms. The van der Waals surface area contributed by atoms with E-state index < -0.39 is 6.10 Å². The van der Waals surface area contributed by atoms with Crippen molar-refractivity contribution < 1.29 is 15.3 Å². The quantitative estimate of drug-likeness (QED) is 0.431. The Hall–Kier alpha value is -0.160. The molecule has 2 unspecified atom stereocenters. The molecular weight excluding hydrogens is 170 g/mol. The molecule has 0 radical (unpaired) electrons. The predicted octanol–water partition coefficient (Wildman–Crippen LogP) is -0.664. The number of hydrogen-bond acceptors (Lipinski definition) is 4. The number of nitrogens with one attached hydrogen (secondary N) is 1. The highest BCUT2D eigenvalue weighted by Crippen LogP contribution is 2.02. The summed E-state index contributed by atoms with van der Waals surface area (Å²) in [6.45, 7) is 4.64. The molecule has 0 aromatic rings. The third-order valence-electron chi connectivity index (χ3n) is 1.71. The second-order valence-electron chi connectivity index (χ2n) is 3.78. The van der Waals surface area contributed by atoms with Gasteiger partial charge in [-0.3, -0.25) is 0 Å². The third-order valence-corrected chi connectivity index (χ3v) is 1.71. The Balaban J connectivity index is 3.31. The van der Waals surface area contributed by atoms with Crippen molar-refractivity contribution in [3.05, 3.63) is 0 Å². The Morgan fingerprint density at radius 3 is 2.08 bits per heavy atom. The van der Waals surface area contributed by atoms with Crippen LogP contribution in [0, 0.1) is 5.92 Å². The van der Waals surface area contributed by atoms with Crippen molar-refractivity contribution >= 4 is 0 Å². The average Bonchev–Trinajstić information content (AvgIpc) is 2.02. The van der Waals surface area contributed by atoms with E-state index in [4.69, 9.17) is 10.2 Å². The molecule has 0 amide bonds. The lowest BCUT2D eigenvalue weighted by molar-refractivity contribution is 0.0869. The zero-order valence-electron chi connectivity index (χ0n) is 8.40. The molecule has 0 bridgehead atoms. The van der Waals surface area contributed by atoms with Crippen LogP contribution in [-0.2, 0) is 0 Å². The lowest BCUT2D eigenvalue weighted by atomic mass is 10.1. The number of aliphatic hydroxyl groups excluding tert-OH is 3. The lowest BCUT2D eigenvalue weighted by Crippen LogP contribution is -2.35. The summed E-state index contributed by atoms with van der Waals surface area (Å²) in [6, 6.07) is 0. The van der Waals surface area contributed by atoms with E-state index in [1.807, 2.05) is 13.8 Å². The summed E-state index contributed by atoms with van der Waals surface area (Å²) in [5.74, 6) is 0.472. The van der Waals surface area contributed by atoms with Gasteiger partial charge in [0.15, 0.2) is 0 Å². The molecule has 0 spiro atoms. The van der Waals surface area contributed by atoms with Gasteiger partial charge in [0.1, 0.15) is 0 Å². The molecule has 0 rings (SSSR count). The van der Waals surface area contributed by atoms with Crippen molar-refractivity contribution in [3.63, 3.8) is 0 Å². The summed E-state index contributed by atoms with van der Waals surface area (Å²) >= 11 is 0. The van der Waals surface area contributed by atoms with E-state index in [0.717, 1.165) is 6.42 Å². The first kappa shape index (κ1) is 12.8. The fraction of sp³-hybridized carbons (Fsp3) is 1.00. The van der Waals surface area contributed by atoms with E-state index in [9.17, 15) is 5.11 Å². The molecule has 0 heterocycles. The average molecular weight is 191 g/mol. The molecule has 0 saturated heterocycles. The van der Waals surface area contributed by atoms with Gasteiger partial charge in [0.25, 0.3) is 0 Å². The molecule has 0 fully saturated rings. The summed E-state index contributed by atoms with van der Waals surface area (Å²) in [4.78, 5) is 0. The molecule has 0 aliphatic carbocycles. The Morgan fingerprint density at radius 2 is 1.62 bits per heavy atom. The van der Waals surface area contributed by atoms with Gasteiger partial charge in [-0.25, -0.2) is 0 Å². The van der Waals surface area contributed by atoms with Crippen molar-refractivity contribution in [1.29, 1.82) is 0 Å². The SMILES string of the molecule is CC(C)CC(O)CNCC(O)CO. The minimum absolute atomic E-state index is 0.243. The second kappa shape index (κ2) is 7.26. The van der Waals surface area contributed by atoms with Crippen LogP contribution in [0.4, 0.5) is 0 Å². The Labute approximate surface area is 79.6 Å². The molecule has 2 atom stereocenters. The van der Waals surface area contributed by atoms with Gasteiger partial charge in [0, 0.05) is 13.1 Å². The summed E-state index contributed by atoms with van der Waals surface area (Å²) in [5.41, 5.74) is 0. The van der Waals surface area contributed by atoms with Crippen LogP contribution in [0.15, 0.2) is 0 Å². The monoisotopic (exact) mass is 191 g/mol. The standard InChI is InChI=1S/C9H21NO3/c1-7(2)3-8(12)4-10-5-9(13)6-11/h7-13H,3-6H2,1-2H3. The predicted molar refractivity (Wildman–Crippen MR) is 51.4 cm³/mol. The summed E-state index contributed by atoms with van der Waals surface area (Å²) in [6.07, 6.45) is -0.348. The highest BCUT2D eigenvalue weighted by atomic mass is 16.3. The second-order valence-corrected chi connectivity index (χ2v) is 3.78. The van der Waals surface area contributed by atoms with E-state index in [2.05, 4.69) is 5.32 Å². The zero-order valence-corrected chi connectivity index (χ0v) is 8.40. The maximum absolute atomic E-state index is 9.40. The van der Waals surface area contributed by atoms with E-state index in [-0.39, 0.29) is 12.7 Å². The molecule has 0 aliphatic heterocycles. The van der Waals surface area contributed by atoms with Crippen LogP contribution < -0.4 is 5.32 Å². The highest BCUT2D eigenvalue weighted by molar-refractivity contribution is 4.64. The lowest BCUT2D eigenvalue weighted by Gasteiger charge is -2.15. The van der Waals surface area contributed by atoms with E-state index in [1.165, 1.54) is 0 Å². The Kier molecular flexibility index (Phi) is 7.17. The molecule has 4 N–H and O–H groups in total. The van der Waals surface area contributed by atoms with Crippen molar-refractivity contribution in [2.24, 2.45) is 5.92 Å². The highest BCUT2D eigenvalue weighted by Gasteiger charge is 2.07. The minimum atomic E-state index is -0.730. The van der Waals surface area contributed by atoms with Crippen LogP contribution in [0.2, 0.25) is 0 Å². The fourth-order valence-corrected chi connectivity index (χ4v) is 1.11. The van der Waals surface area contributed by atoms with Crippen LogP contribution >= 0.6 is 0 Å². The Bertz CT molecular complexity index is 119. The van der Waals surface area contributed by atoms with Gasteiger partial charge in [0.2, 0.25) is 0 Å². The van der Waals surface area contributed by atoms with E-state index in [0.29, 0.717) is 19.0 Å². The van der Waals surface area contributed by atoms with Gasteiger partial charge in [0.05, 0.1) is 18.8 Å². The summed E-state index contributed by atoms with van der Waals surface area (Å²) < 4.78 is 0. The molecule has 80 valence electrons. The van der Waals surface area contributed by atoms with Crippen LogP contribution in [0.3, 0.4) is 0 Å². The van der Waals surface area contributed by atoms with Crippen molar-refractivity contribution in [2.75, 3.05) is 19.7 Å². The van der Waals surface area contributed by atoms with E-state index >= 15 is 0 Å². The number of rotatable bonds is 7. The largest absolute Gasteiger partial charge is 0.394 e. The zero-order chi connectivity index (χ0) is 10.3. The summed E-state index contributed by atoms with van der Waals surface area (Å²) in [5, 5.41) is 29.7. The first-order valence-electron chi connectivity index (χ1n) is 4.74. The van der Waals surface area contributed by atoms with E-state index in [1.54, 1.807) is 0 Å². The van der Waals surface area contributed by atoms with Gasteiger partial charge >= 0.3 is 0 Å². The van der Waals surface area contributed by atoms with Crippen LogP contribution in [0.1, 0.15) is 20.3 Å². The minimum Gasteiger partial charge on any atom is -0.394 e. The number of hydrogen-bond donors (Lipinski definition) is 4. The molecular formula is C9H21NO3. The van der Waals surface area contributed by atoms with Crippen molar-refractivity contribution in [1.82, 2.24) is 5.32 Å². The first-order valence-corrected chi connectivity index (χ1v) is 4.74. The molecule has 0 aromatic heterocycles. The fourth-order valence-electron chi connectivity index (χ4n) is 1.11. The van der Waals surface area contributed by atoms with Crippen molar-refractivity contribution in [3.8, 4) is 0 Å². The third kappa shape index (κ3) is 8.18. The first-order chi connectivity index (χ1) is 6.06. The van der Waals surface area contributed by atoms with Gasteiger partial charge in [-0.15, -0.1) is 0 Å². The molecule has 0 aromatic carbocycles. The van der Waals surface area contributed by atoms with Gasteiger partial charge < -0.3 is 20.6 Å². The molecule has 13 heavy (non-hydrogen) atoms. The van der Waals surface area contributed by atoms with Gasteiger partial charge in [-0.2, -0.15) is 0 Å². The van der Waals surface area contributed by atoms with Crippen LogP contribution in [0.5, 0.6) is 0 Å². The maximum atomic E-state index is 9.40.